The second kappa shape index (κ2) is 5.63. The zero-order valence-electron chi connectivity index (χ0n) is 11.2. The molecule has 0 saturated heterocycles. The fourth-order valence-corrected chi connectivity index (χ4v) is 2.97. The standard InChI is InChI=1S/C13H24N4/c1-10-5-4-6-11(2)13(10)14-8-7-12-16-15-9-17(12)3/h9-11,13-14H,4-8H2,1-3H3. The number of aromatic nitrogens is 3. The first kappa shape index (κ1) is 12.6. The van der Waals surface area contributed by atoms with E-state index in [4.69, 9.17) is 0 Å². The summed E-state index contributed by atoms with van der Waals surface area (Å²) in [5.74, 6) is 2.67. The molecule has 0 aliphatic heterocycles. The highest BCUT2D eigenvalue weighted by Gasteiger charge is 2.26. The minimum absolute atomic E-state index is 0.678. The largest absolute Gasteiger partial charge is 0.321 e. The average Bonchev–Trinajstić information content (AvgIpc) is 2.69. The first-order valence-corrected chi connectivity index (χ1v) is 6.74. The molecule has 1 aromatic heterocycles. The van der Waals surface area contributed by atoms with E-state index in [0.29, 0.717) is 6.04 Å². The Morgan fingerprint density at radius 1 is 1.35 bits per heavy atom. The van der Waals surface area contributed by atoms with Gasteiger partial charge in [0.1, 0.15) is 12.2 Å². The molecule has 0 aromatic carbocycles. The zero-order chi connectivity index (χ0) is 12.3. The van der Waals surface area contributed by atoms with Crippen LogP contribution in [0.2, 0.25) is 0 Å². The molecule has 4 heteroatoms. The van der Waals surface area contributed by atoms with E-state index in [1.54, 1.807) is 6.33 Å². The molecule has 1 fully saturated rings. The Hall–Kier alpha value is -0.900. The normalized spacial score (nSPS) is 29.5. The maximum Gasteiger partial charge on any atom is 0.133 e. The van der Waals surface area contributed by atoms with Crippen molar-refractivity contribution in [3.8, 4) is 0 Å². The van der Waals surface area contributed by atoms with Crippen molar-refractivity contribution >= 4 is 0 Å². The van der Waals surface area contributed by atoms with Gasteiger partial charge in [0.15, 0.2) is 0 Å². The molecule has 2 atom stereocenters. The van der Waals surface area contributed by atoms with E-state index in [9.17, 15) is 0 Å². The molecule has 1 N–H and O–H groups in total. The third-order valence-electron chi connectivity index (χ3n) is 4.08. The third kappa shape index (κ3) is 3.06. The molecule has 1 saturated carbocycles. The number of nitrogens with zero attached hydrogens (tertiary/aromatic N) is 3. The second-order valence-electron chi connectivity index (χ2n) is 5.47. The van der Waals surface area contributed by atoms with Gasteiger partial charge in [0, 0.05) is 26.1 Å². The average molecular weight is 236 g/mol. The van der Waals surface area contributed by atoms with Gasteiger partial charge in [-0.1, -0.05) is 20.3 Å². The Labute approximate surface area is 104 Å². The van der Waals surface area contributed by atoms with Gasteiger partial charge in [-0.25, -0.2) is 0 Å². The molecule has 2 unspecified atom stereocenters. The highest BCUT2D eigenvalue weighted by atomic mass is 15.2. The Balaban J connectivity index is 1.79. The first-order valence-electron chi connectivity index (χ1n) is 6.74. The summed E-state index contributed by atoms with van der Waals surface area (Å²) in [6.07, 6.45) is 6.86. The monoisotopic (exact) mass is 236 g/mol. The Bertz CT molecular complexity index is 337. The lowest BCUT2D eigenvalue weighted by Gasteiger charge is -2.35. The molecule has 96 valence electrons. The van der Waals surface area contributed by atoms with Gasteiger partial charge in [-0.15, -0.1) is 10.2 Å². The maximum absolute atomic E-state index is 4.11. The summed E-state index contributed by atoms with van der Waals surface area (Å²) >= 11 is 0. The molecule has 1 aliphatic rings. The van der Waals surface area contributed by atoms with E-state index < -0.39 is 0 Å². The van der Waals surface area contributed by atoms with Crippen molar-refractivity contribution in [1.29, 1.82) is 0 Å². The minimum Gasteiger partial charge on any atom is -0.321 e. The highest BCUT2D eigenvalue weighted by Crippen LogP contribution is 2.28. The number of nitrogens with one attached hydrogen (secondary N) is 1. The molecule has 0 spiro atoms. The van der Waals surface area contributed by atoms with E-state index in [0.717, 1.165) is 30.6 Å². The van der Waals surface area contributed by atoms with Crippen LogP contribution in [0.1, 0.15) is 38.9 Å². The fraction of sp³-hybridized carbons (Fsp3) is 0.846. The van der Waals surface area contributed by atoms with Crippen LogP contribution in [0.25, 0.3) is 0 Å². The van der Waals surface area contributed by atoms with Gasteiger partial charge in [-0.05, 0) is 24.7 Å². The van der Waals surface area contributed by atoms with Crippen molar-refractivity contribution in [3.63, 3.8) is 0 Å². The third-order valence-corrected chi connectivity index (χ3v) is 4.08. The van der Waals surface area contributed by atoms with Crippen LogP contribution in [0.4, 0.5) is 0 Å². The summed E-state index contributed by atoms with van der Waals surface area (Å²) in [6.45, 7) is 5.75. The maximum atomic E-state index is 4.11. The lowest BCUT2D eigenvalue weighted by Crippen LogP contribution is -2.43. The second-order valence-corrected chi connectivity index (χ2v) is 5.47. The van der Waals surface area contributed by atoms with Crippen molar-refractivity contribution in [2.24, 2.45) is 18.9 Å². The molecular formula is C13H24N4. The van der Waals surface area contributed by atoms with Crippen molar-refractivity contribution in [2.45, 2.75) is 45.6 Å². The van der Waals surface area contributed by atoms with Crippen molar-refractivity contribution < 1.29 is 0 Å². The number of hydrogen-bond acceptors (Lipinski definition) is 3. The number of aryl methyl sites for hydroxylation is 1. The molecule has 0 bridgehead atoms. The molecule has 0 amide bonds. The minimum atomic E-state index is 0.678. The van der Waals surface area contributed by atoms with Crippen LogP contribution in [-0.2, 0) is 13.5 Å². The SMILES string of the molecule is CC1CCCC(C)C1NCCc1nncn1C. The summed E-state index contributed by atoms with van der Waals surface area (Å²) in [6, 6.07) is 0.678. The molecule has 2 rings (SSSR count). The topological polar surface area (TPSA) is 42.7 Å². The first-order chi connectivity index (χ1) is 8.18. The molecule has 1 heterocycles. The van der Waals surface area contributed by atoms with Gasteiger partial charge >= 0.3 is 0 Å². The van der Waals surface area contributed by atoms with Crippen LogP contribution in [0, 0.1) is 11.8 Å². The quantitative estimate of drug-likeness (QED) is 0.866. The zero-order valence-corrected chi connectivity index (χ0v) is 11.2. The van der Waals surface area contributed by atoms with E-state index in [-0.39, 0.29) is 0 Å². The lowest BCUT2D eigenvalue weighted by molar-refractivity contribution is 0.210. The van der Waals surface area contributed by atoms with E-state index in [1.807, 2.05) is 11.6 Å². The Kier molecular flexibility index (Phi) is 4.15. The van der Waals surface area contributed by atoms with Crippen LogP contribution in [0.15, 0.2) is 6.33 Å². The van der Waals surface area contributed by atoms with Crippen LogP contribution in [-0.4, -0.2) is 27.4 Å². The predicted molar refractivity (Wildman–Crippen MR) is 68.7 cm³/mol. The van der Waals surface area contributed by atoms with Crippen molar-refractivity contribution in [2.75, 3.05) is 6.54 Å². The summed E-state index contributed by atoms with van der Waals surface area (Å²) < 4.78 is 2.00. The Morgan fingerprint density at radius 3 is 2.65 bits per heavy atom. The van der Waals surface area contributed by atoms with Gasteiger partial charge < -0.3 is 9.88 Å². The predicted octanol–water partition coefficient (Wildman–Crippen LogP) is 1.77. The molecular weight excluding hydrogens is 212 g/mol. The summed E-state index contributed by atoms with van der Waals surface area (Å²) in [7, 11) is 2.00. The number of hydrogen-bond donors (Lipinski definition) is 1. The van der Waals surface area contributed by atoms with Gasteiger partial charge in [0.05, 0.1) is 0 Å². The van der Waals surface area contributed by atoms with Gasteiger partial charge in [-0.2, -0.15) is 0 Å². The molecule has 0 radical (unpaired) electrons. The van der Waals surface area contributed by atoms with E-state index >= 15 is 0 Å². The smallest absolute Gasteiger partial charge is 0.133 e. The van der Waals surface area contributed by atoms with Crippen molar-refractivity contribution in [3.05, 3.63) is 12.2 Å². The van der Waals surface area contributed by atoms with Crippen LogP contribution in [0.3, 0.4) is 0 Å². The van der Waals surface area contributed by atoms with E-state index in [1.165, 1.54) is 19.3 Å². The van der Waals surface area contributed by atoms with Crippen LogP contribution < -0.4 is 5.32 Å². The van der Waals surface area contributed by atoms with Gasteiger partial charge in [-0.3, -0.25) is 0 Å². The Morgan fingerprint density at radius 2 is 2.06 bits per heavy atom. The fourth-order valence-electron chi connectivity index (χ4n) is 2.97. The van der Waals surface area contributed by atoms with Crippen molar-refractivity contribution in [1.82, 2.24) is 20.1 Å². The summed E-state index contributed by atoms with van der Waals surface area (Å²) in [5.41, 5.74) is 0. The van der Waals surface area contributed by atoms with Crippen LogP contribution >= 0.6 is 0 Å². The number of rotatable bonds is 4. The lowest BCUT2D eigenvalue weighted by atomic mass is 9.79. The van der Waals surface area contributed by atoms with E-state index in [2.05, 4.69) is 29.4 Å². The molecule has 17 heavy (non-hydrogen) atoms. The van der Waals surface area contributed by atoms with Crippen LogP contribution in [0.5, 0.6) is 0 Å². The molecule has 4 nitrogen and oxygen atoms in total. The summed E-state index contributed by atoms with van der Waals surface area (Å²) in [5, 5.41) is 11.7. The molecule has 1 aromatic rings. The summed E-state index contributed by atoms with van der Waals surface area (Å²) in [4.78, 5) is 0. The molecule has 1 aliphatic carbocycles. The highest BCUT2D eigenvalue weighted by molar-refractivity contribution is 4.88. The van der Waals surface area contributed by atoms with Gasteiger partial charge in [0.25, 0.3) is 0 Å². The van der Waals surface area contributed by atoms with Gasteiger partial charge in [0.2, 0.25) is 0 Å².